The summed E-state index contributed by atoms with van der Waals surface area (Å²) in [6.07, 6.45) is 1.76. The summed E-state index contributed by atoms with van der Waals surface area (Å²) in [4.78, 5) is 12.5. The zero-order valence-corrected chi connectivity index (χ0v) is 9.51. The summed E-state index contributed by atoms with van der Waals surface area (Å²) in [5.41, 5.74) is 4.22. The molecule has 0 fully saturated rings. The predicted molar refractivity (Wildman–Crippen MR) is 66.1 cm³/mol. The number of hydrogen-bond donors (Lipinski definition) is 3. The van der Waals surface area contributed by atoms with Gasteiger partial charge in [0.2, 0.25) is 5.95 Å². The molecule has 2 rings (SSSR count). The second-order valence-electron chi connectivity index (χ2n) is 3.54. The first-order valence-corrected chi connectivity index (χ1v) is 5.24. The van der Waals surface area contributed by atoms with Gasteiger partial charge in [-0.2, -0.15) is 4.98 Å². The Bertz CT molecular complexity index is 485. The van der Waals surface area contributed by atoms with Crippen LogP contribution in [0.1, 0.15) is 11.4 Å². The highest BCUT2D eigenvalue weighted by molar-refractivity contribution is 5.41. The summed E-state index contributed by atoms with van der Waals surface area (Å²) in [6.45, 7) is 2.50. The Kier molecular flexibility index (Phi) is 3.46. The molecule has 0 spiro atoms. The smallest absolute Gasteiger partial charge is 0.239 e. The lowest BCUT2D eigenvalue weighted by Crippen LogP contribution is -2.12. The van der Waals surface area contributed by atoms with Crippen molar-refractivity contribution < 1.29 is 0 Å². The van der Waals surface area contributed by atoms with Gasteiger partial charge in [-0.1, -0.05) is 6.07 Å². The second kappa shape index (κ2) is 5.22. The van der Waals surface area contributed by atoms with E-state index >= 15 is 0 Å². The van der Waals surface area contributed by atoms with Crippen LogP contribution in [-0.2, 0) is 6.54 Å². The minimum Gasteiger partial charge on any atom is -0.364 e. The van der Waals surface area contributed by atoms with E-state index < -0.39 is 0 Å². The van der Waals surface area contributed by atoms with Crippen molar-refractivity contribution in [1.82, 2.24) is 15.0 Å². The lowest BCUT2D eigenvalue weighted by atomic mass is 10.3. The monoisotopic (exact) mass is 230 g/mol. The lowest BCUT2D eigenvalue weighted by Gasteiger charge is -2.07. The van der Waals surface area contributed by atoms with E-state index in [1.54, 1.807) is 6.20 Å². The van der Waals surface area contributed by atoms with Crippen LogP contribution >= 0.6 is 0 Å². The Morgan fingerprint density at radius 3 is 2.88 bits per heavy atom. The van der Waals surface area contributed by atoms with E-state index in [0.29, 0.717) is 12.5 Å². The number of anilines is 2. The largest absolute Gasteiger partial charge is 0.364 e. The van der Waals surface area contributed by atoms with Gasteiger partial charge in [-0.3, -0.25) is 10.4 Å². The number of nitrogen functional groups attached to an aromatic ring is 1. The van der Waals surface area contributed by atoms with Crippen LogP contribution in [0.2, 0.25) is 0 Å². The maximum absolute atomic E-state index is 5.28. The number of nitrogens with one attached hydrogen (secondary N) is 2. The third kappa shape index (κ3) is 3.12. The Morgan fingerprint density at radius 2 is 2.18 bits per heavy atom. The van der Waals surface area contributed by atoms with Gasteiger partial charge in [0.25, 0.3) is 0 Å². The first kappa shape index (κ1) is 11.3. The summed E-state index contributed by atoms with van der Waals surface area (Å²) >= 11 is 0. The third-order valence-electron chi connectivity index (χ3n) is 2.16. The van der Waals surface area contributed by atoms with Gasteiger partial charge in [-0.05, 0) is 19.1 Å². The van der Waals surface area contributed by atoms with Crippen LogP contribution < -0.4 is 16.6 Å². The van der Waals surface area contributed by atoms with Gasteiger partial charge >= 0.3 is 0 Å². The minimum atomic E-state index is 0.397. The van der Waals surface area contributed by atoms with E-state index in [1.807, 2.05) is 31.2 Å². The molecule has 2 aromatic rings. The summed E-state index contributed by atoms with van der Waals surface area (Å²) in [5, 5.41) is 3.17. The molecule has 0 unspecified atom stereocenters. The van der Waals surface area contributed by atoms with Gasteiger partial charge in [0.1, 0.15) is 5.82 Å². The average molecular weight is 230 g/mol. The highest BCUT2D eigenvalue weighted by Gasteiger charge is 2.00. The molecule has 0 saturated heterocycles. The molecule has 4 N–H and O–H groups in total. The second-order valence-corrected chi connectivity index (χ2v) is 3.54. The maximum atomic E-state index is 5.28. The first-order valence-electron chi connectivity index (χ1n) is 5.24. The molecular weight excluding hydrogens is 216 g/mol. The van der Waals surface area contributed by atoms with E-state index in [-0.39, 0.29) is 0 Å². The lowest BCUT2D eigenvalue weighted by molar-refractivity contribution is 1.01. The van der Waals surface area contributed by atoms with E-state index in [0.717, 1.165) is 17.2 Å². The van der Waals surface area contributed by atoms with Crippen molar-refractivity contribution >= 4 is 11.8 Å². The quantitative estimate of drug-likeness (QED) is 0.538. The molecule has 6 heteroatoms. The van der Waals surface area contributed by atoms with Crippen molar-refractivity contribution in [3.8, 4) is 0 Å². The minimum absolute atomic E-state index is 0.397. The van der Waals surface area contributed by atoms with Gasteiger partial charge in [-0.15, -0.1) is 0 Å². The van der Waals surface area contributed by atoms with Crippen molar-refractivity contribution in [2.24, 2.45) is 5.84 Å². The van der Waals surface area contributed by atoms with Crippen LogP contribution in [0.15, 0.2) is 30.5 Å². The zero-order chi connectivity index (χ0) is 12.1. The molecule has 0 aliphatic heterocycles. The number of rotatable bonds is 4. The highest BCUT2D eigenvalue weighted by atomic mass is 15.3. The summed E-state index contributed by atoms with van der Waals surface area (Å²) in [6, 6.07) is 7.63. The molecule has 0 saturated carbocycles. The Labute approximate surface area is 99.3 Å². The van der Waals surface area contributed by atoms with Gasteiger partial charge in [-0.25, -0.2) is 10.8 Å². The number of aryl methyl sites for hydroxylation is 1. The van der Waals surface area contributed by atoms with Crippen molar-refractivity contribution in [1.29, 1.82) is 0 Å². The summed E-state index contributed by atoms with van der Waals surface area (Å²) in [5.74, 6) is 6.40. The molecule has 0 radical (unpaired) electrons. The van der Waals surface area contributed by atoms with Crippen molar-refractivity contribution in [2.45, 2.75) is 13.5 Å². The Balaban J connectivity index is 2.06. The number of nitrogens with two attached hydrogens (primary N) is 1. The van der Waals surface area contributed by atoms with Crippen molar-refractivity contribution in [3.05, 3.63) is 41.9 Å². The number of hydrogen-bond acceptors (Lipinski definition) is 6. The predicted octanol–water partition coefficient (Wildman–Crippen LogP) is 1.08. The van der Waals surface area contributed by atoms with Gasteiger partial charge in [0.05, 0.1) is 12.2 Å². The maximum Gasteiger partial charge on any atom is 0.239 e. The van der Waals surface area contributed by atoms with Crippen LogP contribution in [0, 0.1) is 6.92 Å². The highest BCUT2D eigenvalue weighted by Crippen LogP contribution is 2.09. The molecule has 6 nitrogen and oxygen atoms in total. The van der Waals surface area contributed by atoms with Crippen LogP contribution in [0.4, 0.5) is 11.8 Å². The summed E-state index contributed by atoms with van der Waals surface area (Å²) in [7, 11) is 0. The number of nitrogens with zero attached hydrogens (tertiary/aromatic N) is 3. The molecule has 0 amide bonds. The number of pyridine rings is 1. The van der Waals surface area contributed by atoms with Gasteiger partial charge < -0.3 is 5.32 Å². The molecule has 88 valence electrons. The Morgan fingerprint density at radius 1 is 1.29 bits per heavy atom. The zero-order valence-electron chi connectivity index (χ0n) is 9.51. The van der Waals surface area contributed by atoms with Gasteiger partial charge in [0.15, 0.2) is 0 Å². The first-order chi connectivity index (χ1) is 8.28. The van der Waals surface area contributed by atoms with Crippen LogP contribution in [-0.4, -0.2) is 15.0 Å². The van der Waals surface area contributed by atoms with E-state index in [2.05, 4.69) is 25.7 Å². The molecule has 2 heterocycles. The fourth-order valence-electron chi connectivity index (χ4n) is 1.41. The normalized spacial score (nSPS) is 10.0. The third-order valence-corrected chi connectivity index (χ3v) is 2.16. The fourth-order valence-corrected chi connectivity index (χ4v) is 1.41. The molecule has 0 aromatic carbocycles. The molecule has 0 atom stereocenters. The molecule has 0 bridgehead atoms. The standard InChI is InChI=1S/C11H14N6/c1-8-6-10(16-11(15-8)17-12)14-7-9-4-2-3-5-13-9/h2-6H,7,12H2,1H3,(H2,14,15,16,17). The van der Waals surface area contributed by atoms with Gasteiger partial charge in [0, 0.05) is 18.0 Å². The molecule has 0 aliphatic rings. The van der Waals surface area contributed by atoms with Crippen LogP contribution in [0.25, 0.3) is 0 Å². The Hall–Kier alpha value is -2.21. The molecule has 0 aliphatic carbocycles. The van der Waals surface area contributed by atoms with E-state index in [1.165, 1.54) is 0 Å². The summed E-state index contributed by atoms with van der Waals surface area (Å²) < 4.78 is 0. The number of aromatic nitrogens is 3. The van der Waals surface area contributed by atoms with Crippen LogP contribution in [0.5, 0.6) is 0 Å². The van der Waals surface area contributed by atoms with E-state index in [9.17, 15) is 0 Å². The van der Waals surface area contributed by atoms with Crippen molar-refractivity contribution in [2.75, 3.05) is 10.7 Å². The van der Waals surface area contributed by atoms with Crippen molar-refractivity contribution in [3.63, 3.8) is 0 Å². The molecule has 17 heavy (non-hydrogen) atoms. The fraction of sp³-hybridized carbons (Fsp3) is 0.182. The molecule has 2 aromatic heterocycles. The SMILES string of the molecule is Cc1cc(NCc2ccccn2)nc(NN)n1. The molecular formula is C11H14N6. The van der Waals surface area contributed by atoms with Crippen LogP contribution in [0.3, 0.4) is 0 Å². The number of hydrazine groups is 1. The topological polar surface area (TPSA) is 88.8 Å². The average Bonchev–Trinajstić information content (AvgIpc) is 2.37. The van der Waals surface area contributed by atoms with E-state index in [4.69, 9.17) is 5.84 Å².